The Kier molecular flexibility index (Phi) is 9.07. The quantitative estimate of drug-likeness (QED) is 0.118. The molecule has 3 heterocycles. The molecule has 0 saturated carbocycles. The zero-order valence-corrected chi connectivity index (χ0v) is 38.2. The Morgan fingerprint density at radius 2 is 1.10 bits per heavy atom. The molecule has 0 radical (unpaired) electrons. The zero-order chi connectivity index (χ0) is 46.3. The first kappa shape index (κ1) is 37.4. The number of hydroxylamine groups is 1. The van der Waals surface area contributed by atoms with Crippen LogP contribution in [0.3, 0.4) is 0 Å². The van der Waals surface area contributed by atoms with Gasteiger partial charge in [0.15, 0.2) is 0 Å². The molecule has 0 fully saturated rings. The van der Waals surface area contributed by atoms with Gasteiger partial charge >= 0.3 is 0 Å². The van der Waals surface area contributed by atoms with Crippen molar-refractivity contribution < 1.29 is 30.1 Å². The van der Waals surface area contributed by atoms with Gasteiger partial charge in [0, 0.05) is 43.9 Å². The van der Waals surface area contributed by atoms with E-state index in [0.717, 1.165) is 99.4 Å². The first-order valence-electron chi connectivity index (χ1n) is 23.7. The number of fused-ring (bicyclic) bond motifs is 7. The van der Waals surface area contributed by atoms with E-state index in [1.165, 1.54) is 0 Å². The summed E-state index contributed by atoms with van der Waals surface area (Å²) in [5.74, 6) is 0.775. The summed E-state index contributed by atoms with van der Waals surface area (Å²) in [5.41, 5.74) is 15.8. The Bertz CT molecular complexity index is 3690. The molecule has 9 aromatic carbocycles. The van der Waals surface area contributed by atoms with Crippen molar-refractivity contribution in [3.63, 3.8) is 0 Å². The first-order chi connectivity index (χ1) is 33.9. The van der Waals surface area contributed by atoms with E-state index in [0.29, 0.717) is 17.1 Å². The minimum absolute atomic E-state index is 0. The van der Waals surface area contributed by atoms with Crippen LogP contribution in [0.2, 0.25) is 0 Å². The van der Waals surface area contributed by atoms with Crippen molar-refractivity contribution in [3.8, 4) is 50.3 Å². The van der Waals surface area contributed by atoms with Crippen LogP contribution in [0, 0.1) is 12.1 Å². The molecule has 67 heavy (non-hydrogen) atoms. The zero-order valence-electron chi connectivity index (χ0n) is 38.9. The van der Waals surface area contributed by atoms with E-state index in [4.69, 9.17) is 9.10 Å². The van der Waals surface area contributed by atoms with Gasteiger partial charge in [-0.05, 0) is 91.4 Å². The first-order valence-corrected chi connectivity index (χ1v) is 22.2. The third kappa shape index (κ3) is 6.27. The molecule has 0 atom stereocenters. The maximum Gasteiger partial charge on any atom is 0.145 e. The Balaban J connectivity index is 0.00000505. The number of benzene rings is 9. The molecule has 0 amide bonds. The molecule has 2 aliphatic rings. The number of hydrogen-bond acceptors (Lipinski definition) is 3. The van der Waals surface area contributed by atoms with Crippen LogP contribution in [-0.2, 0) is 26.5 Å². The molecular formula is C61H41N4OPt-. The van der Waals surface area contributed by atoms with Crippen molar-refractivity contribution in [2.75, 3.05) is 17.1 Å². The van der Waals surface area contributed by atoms with Gasteiger partial charge in [0.05, 0.1) is 11.1 Å². The summed E-state index contributed by atoms with van der Waals surface area (Å²) < 4.78 is 27.3. The van der Waals surface area contributed by atoms with E-state index >= 15 is 0 Å². The summed E-state index contributed by atoms with van der Waals surface area (Å²) >= 11 is 0. The van der Waals surface area contributed by atoms with Gasteiger partial charge in [0.25, 0.3) is 0 Å². The van der Waals surface area contributed by atoms with E-state index < -0.39 is 12.4 Å². The van der Waals surface area contributed by atoms with Crippen LogP contribution in [0.1, 0.15) is 26.4 Å². The largest absolute Gasteiger partial charge is 0.319 e. The van der Waals surface area contributed by atoms with Gasteiger partial charge in [-0.25, -0.2) is 4.98 Å². The molecule has 13 rings (SSSR count). The van der Waals surface area contributed by atoms with Gasteiger partial charge in [-0.1, -0.05) is 163 Å². The van der Waals surface area contributed by atoms with E-state index in [1.54, 1.807) is 11.1 Å². The van der Waals surface area contributed by atoms with E-state index in [9.17, 15) is 0 Å². The monoisotopic (exact) mass is 1040 g/mol. The molecule has 1 aliphatic heterocycles. The molecule has 0 bridgehead atoms. The van der Waals surface area contributed by atoms with Gasteiger partial charge in [0.1, 0.15) is 17.2 Å². The minimum Gasteiger partial charge on any atom is -0.319 e. The normalized spacial score (nSPS) is 14.2. The second kappa shape index (κ2) is 16.3. The summed E-state index contributed by atoms with van der Waals surface area (Å²) in [6, 6.07) is 83.7. The Labute approximate surface area is 408 Å². The average molecular weight is 1040 g/mol. The Morgan fingerprint density at radius 3 is 1.82 bits per heavy atom. The summed E-state index contributed by atoms with van der Waals surface area (Å²) in [6.45, 7) is -2.49. The second-order valence-electron chi connectivity index (χ2n) is 16.8. The number of nitrogens with zero attached hydrogens (tertiary/aromatic N) is 4. The number of anilines is 3. The molecule has 0 spiro atoms. The van der Waals surface area contributed by atoms with Gasteiger partial charge in [0.2, 0.25) is 0 Å². The topological polar surface area (TPSA) is 37.1 Å². The van der Waals surface area contributed by atoms with Crippen LogP contribution in [0.5, 0.6) is 0 Å². The molecule has 1 N–H and O–H groups in total. The van der Waals surface area contributed by atoms with Crippen LogP contribution in [0.4, 0.5) is 17.1 Å². The molecule has 2 aromatic heterocycles. The number of rotatable bonds is 7. The van der Waals surface area contributed by atoms with Gasteiger partial charge in [-0.15, -0.1) is 38.8 Å². The van der Waals surface area contributed by atoms with Crippen molar-refractivity contribution in [1.82, 2.24) is 9.55 Å². The van der Waals surface area contributed by atoms with Crippen LogP contribution in [-0.4, -0.2) is 21.5 Å². The summed E-state index contributed by atoms with van der Waals surface area (Å²) in [4.78, 5) is 9.85. The fourth-order valence-electron chi connectivity index (χ4n) is 10.6. The molecular weight excluding hydrogens is 1000 g/mol. The van der Waals surface area contributed by atoms with Gasteiger partial charge in [-0.2, -0.15) is 35.3 Å². The average Bonchev–Trinajstić information content (AvgIpc) is 4.06. The van der Waals surface area contributed by atoms with Crippen molar-refractivity contribution in [2.45, 2.75) is 5.41 Å². The second-order valence-corrected chi connectivity index (χ2v) is 16.8. The molecule has 1 aliphatic carbocycles. The number of para-hydroxylation sites is 3. The summed E-state index contributed by atoms with van der Waals surface area (Å²) in [6.07, 6.45) is 1.92. The third-order valence-electron chi connectivity index (χ3n) is 13.4. The van der Waals surface area contributed by atoms with E-state index in [-0.39, 0.29) is 21.1 Å². The van der Waals surface area contributed by atoms with E-state index in [1.807, 2.05) is 36.5 Å². The van der Waals surface area contributed by atoms with E-state index in [2.05, 4.69) is 204 Å². The summed E-state index contributed by atoms with van der Waals surface area (Å²) in [7, 11) is 0. The van der Waals surface area contributed by atoms with Crippen molar-refractivity contribution in [3.05, 3.63) is 259 Å². The third-order valence-corrected chi connectivity index (χ3v) is 13.4. The SMILES string of the molecule is [2H]C([2H])([2H])N1[OH+]N(c2[c-]c(C3(c4[c-]c5c(cc4)c4ccccc4n5-c4cc(-c5c(-c6ccccc6)cccc5-c5ccccc5)ccn4)c4ccccc4-c4ccccc43)ccc2)c2ccccc21.[Pt]. The van der Waals surface area contributed by atoms with Crippen LogP contribution >= 0.6 is 0 Å². The maximum absolute atomic E-state index is 8.35. The van der Waals surface area contributed by atoms with Gasteiger partial charge in [-0.3, -0.25) is 0 Å². The molecule has 11 aromatic rings. The van der Waals surface area contributed by atoms with Gasteiger partial charge < -0.3 is 4.57 Å². The van der Waals surface area contributed by atoms with Crippen molar-refractivity contribution in [1.29, 1.82) is 0 Å². The predicted molar refractivity (Wildman–Crippen MR) is 269 cm³/mol. The molecule has 5 nitrogen and oxygen atoms in total. The summed E-state index contributed by atoms with van der Waals surface area (Å²) in [5, 5.41) is 4.96. The number of pyridine rings is 1. The minimum atomic E-state index is -2.49. The van der Waals surface area contributed by atoms with Crippen LogP contribution in [0.25, 0.3) is 72.1 Å². The molecule has 6 heteroatoms. The molecule has 0 unspecified atom stereocenters. The van der Waals surface area contributed by atoms with Crippen LogP contribution in [0.15, 0.2) is 225 Å². The fraction of sp³-hybridized carbons (Fsp3) is 0.0328. The predicted octanol–water partition coefficient (Wildman–Crippen LogP) is 14.6. The standard InChI is InChI=1S/C61H40N4O.Pt/c1-63-56-32-14-15-33-57(56)65(66-63)46-23-16-22-44(39-46)61(53-29-11-8-24-49(53)50-25-9-12-30-54(50)61)45-34-35-52-51-26-10-13-31-55(51)64(58(52)40-45)59-38-43(36-37-62-59)60-47(41-18-4-2-5-19-41)27-17-28-48(60)42-20-6-3-7-21-42;/h2-38H,1H3;/q-2;/p+1/i1D3;. The number of hydrogen-bond donors (Lipinski definition) is 0. The fourth-order valence-corrected chi connectivity index (χ4v) is 10.6. The molecule has 0 saturated heterocycles. The maximum atomic E-state index is 8.35. The Morgan fingerprint density at radius 1 is 0.507 bits per heavy atom. The Hall–Kier alpha value is -7.82. The molecule has 322 valence electrons. The van der Waals surface area contributed by atoms with Crippen molar-refractivity contribution in [2.24, 2.45) is 0 Å². The smallest absolute Gasteiger partial charge is 0.145 e. The van der Waals surface area contributed by atoms with Crippen LogP contribution < -0.4 is 10.1 Å². The van der Waals surface area contributed by atoms with Crippen molar-refractivity contribution >= 4 is 38.9 Å². The number of aromatic nitrogens is 2.